The van der Waals surface area contributed by atoms with E-state index < -0.39 is 0 Å². The summed E-state index contributed by atoms with van der Waals surface area (Å²) in [6, 6.07) is 6.69. The number of nitrogens with one attached hydrogen (secondary N) is 1. The van der Waals surface area contributed by atoms with Gasteiger partial charge in [0.25, 0.3) is 0 Å². The molecule has 0 spiro atoms. The predicted octanol–water partition coefficient (Wildman–Crippen LogP) is 4.37. The molecule has 1 aliphatic heterocycles. The second-order valence-corrected chi connectivity index (χ2v) is 7.80. The third-order valence-electron chi connectivity index (χ3n) is 6.01. The molecule has 1 saturated heterocycles. The normalized spacial score (nSPS) is 19.4. The van der Waals surface area contributed by atoms with Crippen LogP contribution in [-0.4, -0.2) is 33.2 Å². The van der Waals surface area contributed by atoms with Crippen LogP contribution in [0.2, 0.25) is 0 Å². The van der Waals surface area contributed by atoms with Crippen LogP contribution in [0.15, 0.2) is 28.8 Å². The Bertz CT molecular complexity index is 900. The van der Waals surface area contributed by atoms with Crippen molar-refractivity contribution in [2.45, 2.75) is 57.4 Å². The Morgan fingerprint density at radius 3 is 2.73 bits per heavy atom. The minimum Gasteiger partial charge on any atom is -0.424 e. The minimum absolute atomic E-state index is 0.539. The highest BCUT2D eigenvalue weighted by Crippen LogP contribution is 2.39. The highest BCUT2D eigenvalue weighted by atomic mass is 16.4. The van der Waals surface area contributed by atoms with E-state index in [9.17, 15) is 0 Å². The van der Waals surface area contributed by atoms with Crippen molar-refractivity contribution in [3.8, 4) is 0 Å². The summed E-state index contributed by atoms with van der Waals surface area (Å²) < 4.78 is 5.82. The van der Waals surface area contributed by atoms with E-state index in [1.165, 1.54) is 47.7 Å². The molecule has 1 aromatic carbocycles. The van der Waals surface area contributed by atoms with Crippen LogP contribution in [0.1, 0.15) is 67.4 Å². The molecule has 0 amide bonds. The molecular weight excluding hydrogens is 324 g/mol. The summed E-state index contributed by atoms with van der Waals surface area (Å²) in [6.45, 7) is 5.19. The third kappa shape index (κ3) is 2.94. The van der Waals surface area contributed by atoms with Crippen molar-refractivity contribution in [2.75, 3.05) is 13.1 Å². The number of aromatic nitrogens is 3. The first-order valence-electron chi connectivity index (χ1n) is 9.95. The van der Waals surface area contributed by atoms with Gasteiger partial charge < -0.3 is 9.40 Å². The average Bonchev–Trinajstić information content (AvgIpc) is 3.27. The number of H-pyrrole nitrogens is 1. The zero-order valence-corrected chi connectivity index (χ0v) is 15.4. The standard InChI is InChI=1S/C21H26N4O/c1-2-14-4-3-5-17-18(12-22-20(14)17)15-8-10-25(11-9-15)13-19-23-24-21(26-19)16-6-7-16/h3-5,12,15-16,22H,2,6-11,13H2,1H3. The number of nitrogens with zero attached hydrogens (tertiary/aromatic N) is 3. The summed E-state index contributed by atoms with van der Waals surface area (Å²) in [5.41, 5.74) is 4.23. The Morgan fingerprint density at radius 2 is 1.96 bits per heavy atom. The fourth-order valence-corrected chi connectivity index (χ4v) is 4.29. The number of piperidine rings is 1. The lowest BCUT2D eigenvalue weighted by Crippen LogP contribution is -2.32. The second-order valence-electron chi connectivity index (χ2n) is 7.80. The summed E-state index contributed by atoms with van der Waals surface area (Å²) >= 11 is 0. The van der Waals surface area contributed by atoms with Gasteiger partial charge in [0.1, 0.15) is 0 Å². The molecule has 2 aliphatic rings. The number of fused-ring (bicyclic) bond motifs is 1. The lowest BCUT2D eigenvalue weighted by molar-refractivity contribution is 0.186. The van der Waals surface area contributed by atoms with E-state index in [2.05, 4.69) is 51.4 Å². The van der Waals surface area contributed by atoms with Crippen LogP contribution in [0.4, 0.5) is 0 Å². The molecule has 0 atom stereocenters. The predicted molar refractivity (Wildman–Crippen MR) is 101 cm³/mol. The molecule has 5 rings (SSSR count). The smallest absolute Gasteiger partial charge is 0.230 e. The number of benzene rings is 1. The van der Waals surface area contributed by atoms with Gasteiger partial charge in [-0.3, -0.25) is 4.90 Å². The maximum atomic E-state index is 5.82. The maximum absolute atomic E-state index is 5.82. The third-order valence-corrected chi connectivity index (χ3v) is 6.01. The first kappa shape index (κ1) is 16.1. The molecule has 0 unspecified atom stereocenters. The van der Waals surface area contributed by atoms with Gasteiger partial charge in [-0.2, -0.15) is 0 Å². The summed E-state index contributed by atoms with van der Waals surface area (Å²) in [4.78, 5) is 5.98. The molecule has 2 fully saturated rings. The molecule has 3 aromatic rings. The van der Waals surface area contributed by atoms with Gasteiger partial charge in [0, 0.05) is 23.0 Å². The van der Waals surface area contributed by atoms with Crippen molar-refractivity contribution >= 4 is 10.9 Å². The van der Waals surface area contributed by atoms with Crippen LogP contribution >= 0.6 is 0 Å². The molecule has 0 bridgehead atoms. The average molecular weight is 350 g/mol. The number of aryl methyl sites for hydroxylation is 1. The summed E-state index contributed by atoms with van der Waals surface area (Å²) in [6.07, 6.45) is 8.10. The molecule has 0 radical (unpaired) electrons. The van der Waals surface area contributed by atoms with Crippen LogP contribution in [0.5, 0.6) is 0 Å². The molecule has 1 aliphatic carbocycles. The number of aromatic amines is 1. The molecule has 136 valence electrons. The van der Waals surface area contributed by atoms with E-state index in [-0.39, 0.29) is 0 Å². The molecule has 1 N–H and O–H groups in total. The first-order valence-corrected chi connectivity index (χ1v) is 9.95. The molecule has 2 aromatic heterocycles. The van der Waals surface area contributed by atoms with Gasteiger partial charge in [-0.05, 0) is 62.2 Å². The van der Waals surface area contributed by atoms with E-state index in [4.69, 9.17) is 4.42 Å². The molecular formula is C21H26N4O. The molecule has 5 nitrogen and oxygen atoms in total. The highest BCUT2D eigenvalue weighted by Gasteiger charge is 2.30. The molecule has 5 heteroatoms. The number of para-hydroxylation sites is 1. The van der Waals surface area contributed by atoms with Gasteiger partial charge in [-0.25, -0.2) is 0 Å². The Labute approximate surface area is 153 Å². The monoisotopic (exact) mass is 350 g/mol. The van der Waals surface area contributed by atoms with Crippen LogP contribution in [-0.2, 0) is 13.0 Å². The van der Waals surface area contributed by atoms with Crippen LogP contribution in [0.3, 0.4) is 0 Å². The zero-order chi connectivity index (χ0) is 17.5. The first-order chi connectivity index (χ1) is 12.8. The van der Waals surface area contributed by atoms with Crippen molar-refractivity contribution in [1.29, 1.82) is 0 Å². The fourth-order valence-electron chi connectivity index (χ4n) is 4.29. The number of hydrogen-bond donors (Lipinski definition) is 1. The van der Waals surface area contributed by atoms with E-state index >= 15 is 0 Å². The van der Waals surface area contributed by atoms with Crippen molar-refractivity contribution in [1.82, 2.24) is 20.1 Å². The minimum atomic E-state index is 0.539. The van der Waals surface area contributed by atoms with E-state index in [0.717, 1.165) is 37.8 Å². The lowest BCUT2D eigenvalue weighted by Gasteiger charge is -2.30. The van der Waals surface area contributed by atoms with Gasteiger partial charge in [-0.15, -0.1) is 10.2 Å². The second kappa shape index (κ2) is 6.54. The fraction of sp³-hybridized carbons (Fsp3) is 0.524. The Morgan fingerprint density at radius 1 is 1.12 bits per heavy atom. The van der Waals surface area contributed by atoms with Crippen LogP contribution in [0.25, 0.3) is 10.9 Å². The summed E-state index contributed by atoms with van der Waals surface area (Å²) in [5, 5.41) is 9.85. The zero-order valence-electron chi connectivity index (χ0n) is 15.4. The highest BCUT2D eigenvalue weighted by molar-refractivity contribution is 5.86. The van der Waals surface area contributed by atoms with Crippen molar-refractivity contribution < 1.29 is 4.42 Å². The van der Waals surface area contributed by atoms with Gasteiger partial charge in [-0.1, -0.05) is 25.1 Å². The molecule has 26 heavy (non-hydrogen) atoms. The molecule has 1 saturated carbocycles. The molecule has 3 heterocycles. The van der Waals surface area contributed by atoms with E-state index in [1.54, 1.807) is 0 Å². The number of hydrogen-bond acceptors (Lipinski definition) is 4. The van der Waals surface area contributed by atoms with Crippen molar-refractivity contribution in [3.63, 3.8) is 0 Å². The van der Waals surface area contributed by atoms with E-state index in [0.29, 0.717) is 11.8 Å². The SMILES string of the molecule is CCc1cccc2c(C3CCN(Cc4nnc(C5CC5)o4)CC3)c[nH]c12. The summed E-state index contributed by atoms with van der Waals surface area (Å²) in [5.74, 6) is 2.80. The van der Waals surface area contributed by atoms with Crippen LogP contribution < -0.4 is 0 Å². The Kier molecular flexibility index (Phi) is 4.04. The quantitative estimate of drug-likeness (QED) is 0.742. The van der Waals surface area contributed by atoms with Crippen molar-refractivity contribution in [2.24, 2.45) is 0 Å². The largest absolute Gasteiger partial charge is 0.424 e. The van der Waals surface area contributed by atoms with E-state index in [1.807, 2.05) is 0 Å². The van der Waals surface area contributed by atoms with Gasteiger partial charge in [0.05, 0.1) is 6.54 Å². The van der Waals surface area contributed by atoms with Gasteiger partial charge in [0.15, 0.2) is 0 Å². The van der Waals surface area contributed by atoms with Crippen LogP contribution in [0, 0.1) is 0 Å². The van der Waals surface area contributed by atoms with Gasteiger partial charge in [0.2, 0.25) is 11.8 Å². The Hall–Kier alpha value is -2.14. The Balaban J connectivity index is 1.25. The lowest BCUT2D eigenvalue weighted by atomic mass is 9.89. The van der Waals surface area contributed by atoms with Gasteiger partial charge >= 0.3 is 0 Å². The summed E-state index contributed by atoms with van der Waals surface area (Å²) in [7, 11) is 0. The van der Waals surface area contributed by atoms with Crippen molar-refractivity contribution in [3.05, 3.63) is 47.3 Å². The number of rotatable bonds is 5. The maximum Gasteiger partial charge on any atom is 0.230 e. The topological polar surface area (TPSA) is 58.0 Å². The number of likely N-dealkylation sites (tertiary alicyclic amines) is 1.